The number of benzene rings is 1. The molecule has 134 valence electrons. The number of nitrogens with zero attached hydrogens (tertiary/aromatic N) is 3. The molecule has 1 amide bonds. The molecule has 8 heteroatoms. The lowest BCUT2D eigenvalue weighted by molar-refractivity contribution is -0.121. The van der Waals surface area contributed by atoms with Crippen LogP contribution in [0.4, 0.5) is 5.69 Å². The van der Waals surface area contributed by atoms with Crippen molar-refractivity contribution >= 4 is 46.2 Å². The molecule has 0 N–H and O–H groups in total. The van der Waals surface area contributed by atoms with Gasteiger partial charge in [0.25, 0.3) is 5.91 Å². The highest BCUT2D eigenvalue weighted by molar-refractivity contribution is 8.18. The monoisotopic (exact) mass is 389 g/mol. The molecule has 6 nitrogen and oxygen atoms in total. The molecule has 3 rings (SSSR count). The minimum atomic E-state index is -0.149. The molecule has 0 unspecified atom stereocenters. The minimum Gasteiger partial charge on any atom is -0.493 e. The van der Waals surface area contributed by atoms with Crippen molar-refractivity contribution in [1.29, 1.82) is 0 Å². The van der Waals surface area contributed by atoms with Crippen molar-refractivity contribution in [2.24, 2.45) is 4.99 Å². The van der Waals surface area contributed by atoms with Crippen LogP contribution in [0.15, 0.2) is 46.6 Å². The molecule has 0 aliphatic carbocycles. The van der Waals surface area contributed by atoms with E-state index in [9.17, 15) is 4.79 Å². The summed E-state index contributed by atoms with van der Waals surface area (Å²) in [6.07, 6.45) is 4.88. The Hall–Kier alpha value is -2.51. The molecule has 1 aliphatic rings. The van der Waals surface area contributed by atoms with Gasteiger partial charge in [-0.25, -0.2) is 4.99 Å². The number of likely N-dealkylation sites (N-methyl/N-ethyl adjacent to an activating group) is 1. The second-order valence-corrected chi connectivity index (χ2v) is 6.70. The van der Waals surface area contributed by atoms with E-state index < -0.39 is 0 Å². The number of thioether (sulfide) groups is 1. The van der Waals surface area contributed by atoms with Gasteiger partial charge in [-0.2, -0.15) is 0 Å². The Balaban J connectivity index is 1.97. The van der Waals surface area contributed by atoms with E-state index in [1.54, 1.807) is 45.7 Å². The number of hydrogen-bond donors (Lipinski definition) is 0. The number of ether oxygens (including phenoxy) is 2. The third-order valence-corrected chi connectivity index (χ3v) is 5.04. The maximum Gasteiger partial charge on any atom is 0.266 e. The quantitative estimate of drug-likeness (QED) is 0.740. The number of amidine groups is 1. The normalized spacial score (nSPS) is 17.2. The Bertz CT molecular complexity index is 914. The van der Waals surface area contributed by atoms with Crippen LogP contribution in [0.1, 0.15) is 5.56 Å². The molecule has 0 radical (unpaired) electrons. The van der Waals surface area contributed by atoms with Crippen LogP contribution in [0.25, 0.3) is 6.08 Å². The fourth-order valence-electron chi connectivity index (χ4n) is 2.38. The smallest absolute Gasteiger partial charge is 0.266 e. The number of rotatable bonds is 4. The lowest BCUT2D eigenvalue weighted by atomic mass is 10.1. The van der Waals surface area contributed by atoms with Crippen LogP contribution < -0.4 is 9.47 Å². The van der Waals surface area contributed by atoms with E-state index in [0.717, 1.165) is 5.56 Å². The highest BCUT2D eigenvalue weighted by atomic mass is 35.5. The van der Waals surface area contributed by atoms with Crippen LogP contribution in [0, 0.1) is 0 Å². The first-order valence-corrected chi connectivity index (χ1v) is 8.81. The van der Waals surface area contributed by atoms with Gasteiger partial charge in [-0.1, -0.05) is 23.7 Å². The number of pyridine rings is 1. The van der Waals surface area contributed by atoms with Gasteiger partial charge in [0.15, 0.2) is 16.7 Å². The Kier molecular flexibility index (Phi) is 5.49. The largest absolute Gasteiger partial charge is 0.493 e. The van der Waals surface area contributed by atoms with E-state index >= 15 is 0 Å². The van der Waals surface area contributed by atoms with Crippen LogP contribution in [-0.4, -0.2) is 42.2 Å². The molecular weight excluding hydrogens is 374 g/mol. The standard InChI is InChI=1S/C18H16ClN3O3S/c1-22-17(23)15(9-11-5-4-6-14(24-2)16(11)25-3)26-18(22)21-13-7-8-20-10-12(13)19/h4-10H,1-3H3/b15-9-,21-18?. The first kappa shape index (κ1) is 18.3. The molecule has 1 aromatic carbocycles. The molecule has 2 heterocycles. The Morgan fingerprint density at radius 2 is 2.08 bits per heavy atom. The predicted molar refractivity (Wildman–Crippen MR) is 104 cm³/mol. The fraction of sp³-hybridized carbons (Fsp3) is 0.167. The van der Waals surface area contributed by atoms with Gasteiger partial charge in [0.1, 0.15) is 0 Å². The Morgan fingerprint density at radius 1 is 1.27 bits per heavy atom. The van der Waals surface area contributed by atoms with Crippen molar-refractivity contribution in [2.75, 3.05) is 21.3 Å². The number of amides is 1. The summed E-state index contributed by atoms with van der Waals surface area (Å²) in [5.74, 6) is 1.02. The lowest BCUT2D eigenvalue weighted by Gasteiger charge is -2.10. The van der Waals surface area contributed by atoms with Crippen molar-refractivity contribution in [1.82, 2.24) is 9.88 Å². The van der Waals surface area contributed by atoms with Gasteiger partial charge in [0.05, 0.1) is 29.8 Å². The zero-order chi connectivity index (χ0) is 18.7. The molecule has 2 aromatic rings. The van der Waals surface area contributed by atoms with Gasteiger partial charge in [-0.05, 0) is 30.0 Å². The molecule has 0 atom stereocenters. The number of carbonyl (C=O) groups is 1. The van der Waals surface area contributed by atoms with E-state index in [1.807, 2.05) is 12.1 Å². The first-order chi connectivity index (χ1) is 12.5. The van der Waals surface area contributed by atoms with Crippen LogP contribution in [-0.2, 0) is 4.79 Å². The highest BCUT2D eigenvalue weighted by Crippen LogP contribution is 2.38. The Labute approximate surface area is 160 Å². The summed E-state index contributed by atoms with van der Waals surface area (Å²) in [4.78, 5) is 23.0. The first-order valence-electron chi connectivity index (χ1n) is 7.62. The van der Waals surface area contributed by atoms with E-state index in [-0.39, 0.29) is 5.91 Å². The zero-order valence-electron chi connectivity index (χ0n) is 14.4. The van der Waals surface area contributed by atoms with Crippen LogP contribution >= 0.6 is 23.4 Å². The summed E-state index contributed by atoms with van der Waals surface area (Å²) < 4.78 is 10.7. The molecule has 1 aliphatic heterocycles. The molecule has 0 spiro atoms. The van der Waals surface area contributed by atoms with E-state index in [2.05, 4.69) is 9.98 Å². The van der Waals surface area contributed by atoms with Crippen molar-refractivity contribution in [2.45, 2.75) is 0 Å². The molecule has 1 aromatic heterocycles. The van der Waals surface area contributed by atoms with Gasteiger partial charge in [0.2, 0.25) is 0 Å². The maximum atomic E-state index is 12.6. The summed E-state index contributed by atoms with van der Waals surface area (Å²) in [6, 6.07) is 7.19. The highest BCUT2D eigenvalue weighted by Gasteiger charge is 2.31. The second kappa shape index (κ2) is 7.80. The number of para-hydroxylation sites is 1. The summed E-state index contributed by atoms with van der Waals surface area (Å²) in [6.45, 7) is 0. The van der Waals surface area contributed by atoms with E-state index in [1.165, 1.54) is 22.9 Å². The average Bonchev–Trinajstić information content (AvgIpc) is 2.91. The lowest BCUT2D eigenvalue weighted by Crippen LogP contribution is -2.23. The number of halogens is 1. The van der Waals surface area contributed by atoms with Gasteiger partial charge in [-0.15, -0.1) is 0 Å². The third-order valence-electron chi connectivity index (χ3n) is 3.69. The van der Waals surface area contributed by atoms with Crippen molar-refractivity contribution in [3.8, 4) is 11.5 Å². The molecule has 26 heavy (non-hydrogen) atoms. The molecule has 0 bridgehead atoms. The second-order valence-electron chi connectivity index (χ2n) is 5.28. The van der Waals surface area contributed by atoms with Crippen molar-refractivity contribution < 1.29 is 14.3 Å². The zero-order valence-corrected chi connectivity index (χ0v) is 16.0. The third kappa shape index (κ3) is 3.54. The molecule has 1 saturated heterocycles. The number of methoxy groups -OCH3 is 2. The van der Waals surface area contributed by atoms with Gasteiger partial charge in [0, 0.05) is 25.0 Å². The molecular formula is C18H16ClN3O3S. The van der Waals surface area contributed by atoms with Crippen LogP contribution in [0.5, 0.6) is 11.5 Å². The maximum absolute atomic E-state index is 12.6. The number of carbonyl (C=O) groups excluding carboxylic acids is 1. The summed E-state index contributed by atoms with van der Waals surface area (Å²) in [5, 5.41) is 0.963. The topological polar surface area (TPSA) is 64.0 Å². The van der Waals surface area contributed by atoms with Crippen molar-refractivity contribution in [3.05, 3.63) is 52.2 Å². The van der Waals surface area contributed by atoms with Gasteiger partial charge < -0.3 is 9.47 Å². The minimum absolute atomic E-state index is 0.149. The summed E-state index contributed by atoms with van der Waals surface area (Å²) in [7, 11) is 4.81. The van der Waals surface area contributed by atoms with Crippen LogP contribution in [0.2, 0.25) is 5.02 Å². The molecule has 0 saturated carbocycles. The Morgan fingerprint density at radius 3 is 2.77 bits per heavy atom. The SMILES string of the molecule is COc1cccc(/C=C2\SC(=Nc3ccncc3Cl)N(C)C2=O)c1OC. The summed E-state index contributed by atoms with van der Waals surface area (Å²) >= 11 is 7.37. The van der Waals surface area contributed by atoms with Crippen LogP contribution in [0.3, 0.4) is 0 Å². The number of aliphatic imine (C=N–C) groups is 1. The number of hydrogen-bond acceptors (Lipinski definition) is 6. The average molecular weight is 390 g/mol. The van der Waals surface area contributed by atoms with Gasteiger partial charge >= 0.3 is 0 Å². The predicted octanol–water partition coefficient (Wildman–Crippen LogP) is 3.99. The fourth-order valence-corrected chi connectivity index (χ4v) is 3.51. The summed E-state index contributed by atoms with van der Waals surface area (Å²) in [5.41, 5.74) is 1.31. The van der Waals surface area contributed by atoms with E-state index in [0.29, 0.717) is 32.3 Å². The molecule has 1 fully saturated rings. The van der Waals surface area contributed by atoms with Crippen molar-refractivity contribution in [3.63, 3.8) is 0 Å². The number of aromatic nitrogens is 1. The van der Waals surface area contributed by atoms with Gasteiger partial charge in [-0.3, -0.25) is 14.7 Å². The van der Waals surface area contributed by atoms with E-state index in [4.69, 9.17) is 21.1 Å².